The number of tetrazole rings is 1. The Bertz CT molecular complexity index is 890. The van der Waals surface area contributed by atoms with Crippen molar-refractivity contribution in [3.05, 3.63) is 64.4 Å². The van der Waals surface area contributed by atoms with Gasteiger partial charge in [0.1, 0.15) is 0 Å². The number of amides is 2. The summed E-state index contributed by atoms with van der Waals surface area (Å²) in [5.41, 5.74) is 3.79. The standard InChI is InChI=1S/C17H17ClN6O/c1-11-3-6-14(9-12(11)2)20-17(25)19-10-16-21-22-23-24(16)15-7-4-13(18)5-8-15/h3-9H,10H2,1-2H3,(H2,19,20,25). The fourth-order valence-electron chi connectivity index (χ4n) is 2.25. The smallest absolute Gasteiger partial charge is 0.319 e. The summed E-state index contributed by atoms with van der Waals surface area (Å²) in [6, 6.07) is 12.5. The summed E-state index contributed by atoms with van der Waals surface area (Å²) >= 11 is 5.89. The first-order valence-corrected chi connectivity index (χ1v) is 8.06. The van der Waals surface area contributed by atoms with Crippen LogP contribution in [0, 0.1) is 13.8 Å². The van der Waals surface area contributed by atoms with Gasteiger partial charge in [0.25, 0.3) is 0 Å². The number of anilines is 1. The fourth-order valence-corrected chi connectivity index (χ4v) is 2.38. The van der Waals surface area contributed by atoms with Crippen molar-refractivity contribution < 1.29 is 4.79 Å². The number of halogens is 1. The van der Waals surface area contributed by atoms with Gasteiger partial charge in [0.15, 0.2) is 5.82 Å². The van der Waals surface area contributed by atoms with E-state index < -0.39 is 0 Å². The number of hydrogen-bond acceptors (Lipinski definition) is 4. The van der Waals surface area contributed by atoms with Crippen LogP contribution < -0.4 is 10.6 Å². The second-order valence-corrected chi connectivity index (χ2v) is 6.03. The van der Waals surface area contributed by atoms with Crippen LogP contribution in [-0.4, -0.2) is 26.2 Å². The Morgan fingerprint density at radius 2 is 1.88 bits per heavy atom. The summed E-state index contributed by atoms with van der Waals surface area (Å²) in [6.45, 7) is 4.21. The molecule has 0 bridgehead atoms. The average molecular weight is 357 g/mol. The van der Waals surface area contributed by atoms with Crippen LogP contribution in [0.4, 0.5) is 10.5 Å². The van der Waals surface area contributed by atoms with Gasteiger partial charge in [-0.2, -0.15) is 4.68 Å². The van der Waals surface area contributed by atoms with Gasteiger partial charge in [0.2, 0.25) is 0 Å². The van der Waals surface area contributed by atoms with Crippen LogP contribution in [0.3, 0.4) is 0 Å². The monoisotopic (exact) mass is 356 g/mol. The Labute approximate surface area is 150 Å². The summed E-state index contributed by atoms with van der Waals surface area (Å²) < 4.78 is 1.55. The lowest BCUT2D eigenvalue weighted by Crippen LogP contribution is -2.29. The lowest BCUT2D eigenvalue weighted by molar-refractivity contribution is 0.251. The van der Waals surface area contributed by atoms with Crippen LogP contribution in [0.1, 0.15) is 17.0 Å². The topological polar surface area (TPSA) is 84.7 Å². The highest BCUT2D eigenvalue weighted by atomic mass is 35.5. The maximum absolute atomic E-state index is 12.1. The molecule has 0 atom stereocenters. The number of benzene rings is 2. The van der Waals surface area contributed by atoms with E-state index in [1.165, 1.54) is 5.56 Å². The second kappa shape index (κ2) is 7.31. The highest BCUT2D eigenvalue weighted by Crippen LogP contribution is 2.15. The van der Waals surface area contributed by atoms with Crippen molar-refractivity contribution in [2.45, 2.75) is 20.4 Å². The summed E-state index contributed by atoms with van der Waals surface area (Å²) in [7, 11) is 0. The minimum absolute atomic E-state index is 0.187. The van der Waals surface area contributed by atoms with Gasteiger partial charge in [0.05, 0.1) is 12.2 Å². The number of nitrogens with zero attached hydrogens (tertiary/aromatic N) is 4. The van der Waals surface area contributed by atoms with Crippen LogP contribution >= 0.6 is 11.6 Å². The van der Waals surface area contributed by atoms with Crippen LogP contribution in [0.15, 0.2) is 42.5 Å². The molecule has 7 nitrogen and oxygen atoms in total. The van der Waals surface area contributed by atoms with Gasteiger partial charge < -0.3 is 10.6 Å². The Balaban J connectivity index is 1.64. The number of rotatable bonds is 4. The van der Waals surface area contributed by atoms with Crippen LogP contribution in [0.2, 0.25) is 5.02 Å². The predicted molar refractivity (Wildman–Crippen MR) is 95.9 cm³/mol. The van der Waals surface area contributed by atoms with E-state index in [0.29, 0.717) is 10.8 Å². The van der Waals surface area contributed by atoms with Gasteiger partial charge in [-0.05, 0) is 71.8 Å². The van der Waals surface area contributed by atoms with Crippen LogP contribution in [0.25, 0.3) is 5.69 Å². The number of aromatic nitrogens is 4. The number of carbonyl (C=O) groups is 1. The van der Waals surface area contributed by atoms with Gasteiger partial charge >= 0.3 is 6.03 Å². The number of urea groups is 1. The van der Waals surface area contributed by atoms with Crippen LogP contribution in [-0.2, 0) is 6.54 Å². The number of carbonyl (C=O) groups excluding carboxylic acids is 1. The quantitative estimate of drug-likeness (QED) is 0.751. The van der Waals surface area contributed by atoms with E-state index in [-0.39, 0.29) is 12.6 Å². The molecule has 0 saturated carbocycles. The molecule has 0 spiro atoms. The van der Waals surface area contributed by atoms with Crippen molar-refractivity contribution >= 4 is 23.3 Å². The molecule has 0 saturated heterocycles. The van der Waals surface area contributed by atoms with Crippen molar-refractivity contribution in [2.24, 2.45) is 0 Å². The molecule has 2 amide bonds. The van der Waals surface area contributed by atoms with Gasteiger partial charge in [-0.25, -0.2) is 4.79 Å². The Kier molecular flexibility index (Phi) is 4.95. The molecule has 25 heavy (non-hydrogen) atoms. The predicted octanol–water partition coefficient (Wildman–Crippen LogP) is 3.25. The molecule has 128 valence electrons. The second-order valence-electron chi connectivity index (χ2n) is 5.59. The molecular formula is C17H17ClN6O. The first-order chi connectivity index (χ1) is 12.0. The SMILES string of the molecule is Cc1ccc(NC(=O)NCc2nnnn2-c2ccc(Cl)cc2)cc1C. The van der Waals surface area contributed by atoms with E-state index in [0.717, 1.165) is 16.9 Å². The lowest BCUT2D eigenvalue weighted by atomic mass is 10.1. The molecule has 0 unspecified atom stereocenters. The van der Waals surface area contributed by atoms with Gasteiger partial charge in [-0.3, -0.25) is 0 Å². The molecule has 0 fully saturated rings. The summed E-state index contributed by atoms with van der Waals surface area (Å²) in [5, 5.41) is 17.7. The maximum Gasteiger partial charge on any atom is 0.319 e. The molecule has 3 aromatic rings. The van der Waals surface area contributed by atoms with E-state index in [2.05, 4.69) is 26.2 Å². The molecule has 0 aliphatic heterocycles. The Hall–Kier alpha value is -2.93. The van der Waals surface area contributed by atoms with Crippen LogP contribution in [0.5, 0.6) is 0 Å². The highest BCUT2D eigenvalue weighted by molar-refractivity contribution is 6.30. The summed E-state index contributed by atoms with van der Waals surface area (Å²) in [4.78, 5) is 12.1. The molecule has 2 N–H and O–H groups in total. The summed E-state index contributed by atoms with van der Waals surface area (Å²) in [6.07, 6.45) is 0. The molecule has 1 aromatic heterocycles. The molecule has 0 radical (unpaired) electrons. The molecule has 0 aliphatic carbocycles. The van der Waals surface area contributed by atoms with Crippen molar-refractivity contribution in [3.63, 3.8) is 0 Å². The van der Waals surface area contributed by atoms with Gasteiger partial charge in [-0.1, -0.05) is 17.7 Å². The zero-order chi connectivity index (χ0) is 17.8. The third-order valence-corrected chi connectivity index (χ3v) is 4.03. The maximum atomic E-state index is 12.1. The highest BCUT2D eigenvalue weighted by Gasteiger charge is 2.10. The van der Waals surface area contributed by atoms with Gasteiger partial charge in [-0.15, -0.1) is 5.10 Å². The zero-order valence-corrected chi connectivity index (χ0v) is 14.6. The number of hydrogen-bond donors (Lipinski definition) is 2. The molecular weight excluding hydrogens is 340 g/mol. The van der Waals surface area contributed by atoms with E-state index in [1.54, 1.807) is 28.9 Å². The van der Waals surface area contributed by atoms with Crippen molar-refractivity contribution in [1.29, 1.82) is 0 Å². The minimum Gasteiger partial charge on any atom is -0.330 e. The lowest BCUT2D eigenvalue weighted by Gasteiger charge is -2.09. The van der Waals surface area contributed by atoms with E-state index in [1.807, 2.05) is 32.0 Å². The molecule has 0 aliphatic rings. The first-order valence-electron chi connectivity index (χ1n) is 7.68. The van der Waals surface area contributed by atoms with Gasteiger partial charge in [0, 0.05) is 10.7 Å². The zero-order valence-electron chi connectivity index (χ0n) is 13.8. The Morgan fingerprint density at radius 3 is 2.60 bits per heavy atom. The van der Waals surface area contributed by atoms with Crippen molar-refractivity contribution in [1.82, 2.24) is 25.5 Å². The van der Waals surface area contributed by atoms with Crippen molar-refractivity contribution in [3.8, 4) is 5.69 Å². The molecule has 3 rings (SSSR count). The van der Waals surface area contributed by atoms with E-state index >= 15 is 0 Å². The average Bonchev–Trinajstić information content (AvgIpc) is 3.06. The first kappa shape index (κ1) is 16.9. The molecule has 8 heteroatoms. The fraction of sp³-hybridized carbons (Fsp3) is 0.176. The third-order valence-electron chi connectivity index (χ3n) is 3.78. The summed E-state index contributed by atoms with van der Waals surface area (Å²) in [5.74, 6) is 0.512. The third kappa shape index (κ3) is 4.13. The number of nitrogens with one attached hydrogen (secondary N) is 2. The van der Waals surface area contributed by atoms with E-state index in [4.69, 9.17) is 11.6 Å². The number of aryl methyl sites for hydroxylation is 2. The minimum atomic E-state index is -0.325. The largest absolute Gasteiger partial charge is 0.330 e. The Morgan fingerprint density at radius 1 is 1.12 bits per heavy atom. The molecule has 2 aromatic carbocycles. The van der Waals surface area contributed by atoms with Crippen molar-refractivity contribution in [2.75, 3.05) is 5.32 Å². The molecule has 1 heterocycles. The van der Waals surface area contributed by atoms with E-state index in [9.17, 15) is 4.79 Å². The normalized spacial score (nSPS) is 10.5.